The number of ether oxygens (including phenoxy) is 2. The van der Waals surface area contributed by atoms with E-state index < -0.39 is 35.1 Å². The fraction of sp³-hybridized carbons (Fsp3) is 0.500. The average molecular weight is 412 g/mol. The van der Waals surface area contributed by atoms with E-state index >= 15 is 0 Å². The molecule has 0 atom stereocenters. The molecule has 154 valence electrons. The van der Waals surface area contributed by atoms with E-state index in [1.54, 1.807) is 12.1 Å². The number of hydrogen-bond donors (Lipinski definition) is 1. The van der Waals surface area contributed by atoms with Crippen LogP contribution in [0.3, 0.4) is 0 Å². The van der Waals surface area contributed by atoms with Crippen LogP contribution in [0.4, 0.5) is 0 Å². The maximum absolute atomic E-state index is 12.1. The van der Waals surface area contributed by atoms with Gasteiger partial charge >= 0.3 is 11.9 Å². The van der Waals surface area contributed by atoms with Crippen LogP contribution in [0.5, 0.6) is 0 Å². The fourth-order valence-corrected chi connectivity index (χ4v) is 3.74. The van der Waals surface area contributed by atoms with Crippen LogP contribution in [-0.2, 0) is 33.9 Å². The minimum Gasteiger partial charge on any atom is -0.469 e. The number of methoxy groups -OCH3 is 1. The molecule has 1 aromatic rings. The van der Waals surface area contributed by atoms with E-state index in [0.717, 1.165) is 5.56 Å². The molecule has 0 aromatic heterocycles. The van der Waals surface area contributed by atoms with Gasteiger partial charge in [0.25, 0.3) is 5.91 Å². The zero-order chi connectivity index (χ0) is 20.7. The second-order valence-electron chi connectivity index (χ2n) is 6.48. The lowest BCUT2D eigenvalue weighted by atomic mass is 9.97. The molecule has 0 aliphatic carbocycles. The molecule has 1 N–H and O–H groups in total. The molecule has 0 unspecified atom stereocenters. The Bertz CT molecular complexity index is 813. The lowest BCUT2D eigenvalue weighted by molar-refractivity contribution is -0.153. The topological polar surface area (TPSA) is 119 Å². The van der Waals surface area contributed by atoms with Crippen LogP contribution in [0.15, 0.2) is 29.2 Å². The molecule has 9 nitrogen and oxygen atoms in total. The van der Waals surface area contributed by atoms with Gasteiger partial charge in [-0.3, -0.25) is 14.4 Å². The number of esters is 2. The summed E-state index contributed by atoms with van der Waals surface area (Å²) < 4.78 is 35.9. The molecule has 0 bridgehead atoms. The molecule has 1 heterocycles. The number of carbonyl (C=O) groups is 3. The van der Waals surface area contributed by atoms with Crippen molar-refractivity contribution in [2.24, 2.45) is 5.92 Å². The second-order valence-corrected chi connectivity index (χ2v) is 8.24. The molecule has 1 aliphatic heterocycles. The first-order valence-electron chi connectivity index (χ1n) is 8.80. The van der Waals surface area contributed by atoms with Crippen molar-refractivity contribution in [3.05, 3.63) is 29.8 Å². The van der Waals surface area contributed by atoms with Crippen molar-refractivity contribution in [3.8, 4) is 0 Å². The first-order chi connectivity index (χ1) is 13.2. The number of nitrogens with zero attached hydrogens (tertiary/aromatic N) is 1. The van der Waals surface area contributed by atoms with Crippen molar-refractivity contribution >= 4 is 27.9 Å². The lowest BCUT2D eigenvalue weighted by Crippen LogP contribution is -2.42. The van der Waals surface area contributed by atoms with E-state index in [2.05, 4.69) is 9.46 Å². The highest BCUT2D eigenvalue weighted by Crippen LogP contribution is 2.18. The summed E-state index contributed by atoms with van der Waals surface area (Å²) >= 11 is 0. The lowest BCUT2D eigenvalue weighted by Gasteiger charge is -2.30. The minimum atomic E-state index is -3.84. The zero-order valence-electron chi connectivity index (χ0n) is 15.8. The molecule has 1 fully saturated rings. The highest BCUT2D eigenvalue weighted by Gasteiger charge is 2.28. The maximum Gasteiger partial charge on any atom is 0.321 e. The third-order valence-corrected chi connectivity index (χ3v) is 5.89. The third-order valence-electron chi connectivity index (χ3n) is 4.48. The van der Waals surface area contributed by atoms with Crippen LogP contribution < -0.4 is 4.72 Å². The summed E-state index contributed by atoms with van der Waals surface area (Å²) in [5, 5.41) is 0. The first kappa shape index (κ1) is 21.8. The fourth-order valence-electron chi connectivity index (χ4n) is 2.77. The van der Waals surface area contributed by atoms with Crippen LogP contribution in [0.25, 0.3) is 0 Å². The number of piperidine rings is 1. The van der Waals surface area contributed by atoms with Crippen molar-refractivity contribution in [1.29, 1.82) is 0 Å². The van der Waals surface area contributed by atoms with Gasteiger partial charge in [-0.05, 0) is 31.9 Å². The molecule has 2 rings (SSSR count). The number of sulfonamides is 1. The number of nitrogens with one attached hydrogen (secondary N) is 1. The van der Waals surface area contributed by atoms with E-state index in [4.69, 9.17) is 4.74 Å². The Morgan fingerprint density at radius 1 is 1.14 bits per heavy atom. The summed E-state index contributed by atoms with van der Waals surface area (Å²) in [6.45, 7) is 1.52. The summed E-state index contributed by atoms with van der Waals surface area (Å²) in [6.07, 6.45) is 0.978. The van der Waals surface area contributed by atoms with Gasteiger partial charge < -0.3 is 14.4 Å². The molecular formula is C18H24N2O7S. The molecule has 10 heteroatoms. The quantitative estimate of drug-likeness (QED) is 0.637. The van der Waals surface area contributed by atoms with Gasteiger partial charge in [0.1, 0.15) is 6.54 Å². The number of benzene rings is 1. The molecule has 0 spiro atoms. The van der Waals surface area contributed by atoms with E-state index in [1.165, 1.54) is 24.1 Å². The van der Waals surface area contributed by atoms with E-state index in [0.29, 0.717) is 25.9 Å². The van der Waals surface area contributed by atoms with Gasteiger partial charge in [-0.2, -0.15) is 4.72 Å². The van der Waals surface area contributed by atoms with Crippen LogP contribution in [0.1, 0.15) is 18.4 Å². The number of rotatable bonds is 7. The molecule has 1 aliphatic rings. The molecule has 1 amide bonds. The number of likely N-dealkylation sites (tertiary alicyclic amines) is 1. The number of hydrogen-bond acceptors (Lipinski definition) is 7. The van der Waals surface area contributed by atoms with Crippen LogP contribution in [0.2, 0.25) is 0 Å². The normalized spacial score (nSPS) is 15.1. The Hall–Kier alpha value is -2.46. The van der Waals surface area contributed by atoms with E-state index in [1.807, 2.05) is 6.92 Å². The van der Waals surface area contributed by atoms with Gasteiger partial charge in [-0.1, -0.05) is 17.7 Å². The highest BCUT2D eigenvalue weighted by molar-refractivity contribution is 7.89. The highest BCUT2D eigenvalue weighted by atomic mass is 32.2. The summed E-state index contributed by atoms with van der Waals surface area (Å²) in [5.74, 6) is -1.77. The monoisotopic (exact) mass is 412 g/mol. The second kappa shape index (κ2) is 9.65. The van der Waals surface area contributed by atoms with Gasteiger partial charge in [0.05, 0.1) is 17.9 Å². The van der Waals surface area contributed by atoms with Gasteiger partial charge in [0, 0.05) is 13.1 Å². The van der Waals surface area contributed by atoms with E-state index in [-0.39, 0.29) is 16.8 Å². The molecule has 1 saturated heterocycles. The summed E-state index contributed by atoms with van der Waals surface area (Å²) in [6, 6.07) is 6.17. The number of amides is 1. The van der Waals surface area contributed by atoms with Crippen molar-refractivity contribution in [3.63, 3.8) is 0 Å². The molecule has 0 radical (unpaired) electrons. The van der Waals surface area contributed by atoms with Gasteiger partial charge in [-0.15, -0.1) is 0 Å². The molecule has 0 saturated carbocycles. The molecular weight excluding hydrogens is 388 g/mol. The Kier molecular flexibility index (Phi) is 7.53. The number of aryl methyl sites for hydroxylation is 1. The van der Waals surface area contributed by atoms with Crippen molar-refractivity contribution in [1.82, 2.24) is 9.62 Å². The Labute approximate surface area is 164 Å². The van der Waals surface area contributed by atoms with Gasteiger partial charge in [0.15, 0.2) is 6.61 Å². The van der Waals surface area contributed by atoms with E-state index in [9.17, 15) is 22.8 Å². The van der Waals surface area contributed by atoms with Gasteiger partial charge in [-0.25, -0.2) is 8.42 Å². The predicted octanol–water partition coefficient (Wildman–Crippen LogP) is 0.228. The van der Waals surface area contributed by atoms with Crippen LogP contribution in [0, 0.1) is 12.8 Å². The number of carbonyl (C=O) groups excluding carboxylic acids is 3. The Balaban J connectivity index is 1.74. The van der Waals surface area contributed by atoms with Crippen molar-refractivity contribution in [2.45, 2.75) is 24.7 Å². The molecule has 28 heavy (non-hydrogen) atoms. The first-order valence-corrected chi connectivity index (χ1v) is 10.3. The van der Waals surface area contributed by atoms with Crippen LogP contribution >= 0.6 is 0 Å². The molecule has 1 aromatic carbocycles. The SMILES string of the molecule is COC(=O)C1CCN(C(=O)COC(=O)CNS(=O)(=O)c2ccc(C)cc2)CC1. The van der Waals surface area contributed by atoms with Crippen molar-refractivity contribution in [2.75, 3.05) is 33.4 Å². The van der Waals surface area contributed by atoms with Crippen LogP contribution in [-0.4, -0.2) is 64.5 Å². The summed E-state index contributed by atoms with van der Waals surface area (Å²) in [5.41, 5.74) is 0.910. The van der Waals surface area contributed by atoms with Crippen molar-refractivity contribution < 1.29 is 32.3 Å². The third kappa shape index (κ3) is 6.03. The minimum absolute atomic E-state index is 0.0375. The Morgan fingerprint density at radius 3 is 2.32 bits per heavy atom. The summed E-state index contributed by atoms with van der Waals surface area (Å²) in [7, 11) is -2.51. The standard InChI is InChI=1S/C18H24N2O7S/c1-13-3-5-15(6-4-13)28(24,25)19-11-17(22)27-12-16(21)20-9-7-14(8-10-20)18(23)26-2/h3-6,14,19H,7-12H2,1-2H3. The average Bonchev–Trinajstić information content (AvgIpc) is 2.70. The Morgan fingerprint density at radius 2 is 1.75 bits per heavy atom. The zero-order valence-corrected chi connectivity index (χ0v) is 16.7. The smallest absolute Gasteiger partial charge is 0.321 e. The predicted molar refractivity (Wildman–Crippen MR) is 98.6 cm³/mol. The van der Waals surface area contributed by atoms with Gasteiger partial charge in [0.2, 0.25) is 10.0 Å². The maximum atomic E-state index is 12.1. The summed E-state index contributed by atoms with van der Waals surface area (Å²) in [4.78, 5) is 36.9. The largest absolute Gasteiger partial charge is 0.469 e.